The number of hydrogen-bond donors (Lipinski definition) is 2. The number of amides is 2. The van der Waals surface area contributed by atoms with Crippen LogP contribution in [0.4, 0.5) is 4.79 Å². The number of nitrogens with zero attached hydrogens (tertiary/aromatic N) is 2. The normalized spacial score (nSPS) is 26.4. The molecule has 2 heterocycles. The van der Waals surface area contributed by atoms with Gasteiger partial charge in [-0.2, -0.15) is 0 Å². The van der Waals surface area contributed by atoms with E-state index in [1.54, 1.807) is 12.4 Å². The number of carbonyl (C=O) groups excluding carboxylic acids is 1. The van der Waals surface area contributed by atoms with E-state index in [-0.39, 0.29) is 22.0 Å². The number of pyridine rings is 1. The molecule has 0 aromatic carbocycles. The van der Waals surface area contributed by atoms with Crippen molar-refractivity contribution in [1.29, 1.82) is 0 Å². The van der Waals surface area contributed by atoms with Crippen LogP contribution in [0.15, 0.2) is 24.5 Å². The van der Waals surface area contributed by atoms with E-state index >= 15 is 0 Å². The molecule has 2 unspecified atom stereocenters. The fraction of sp³-hybridized carbons (Fsp3) is 0.632. The first-order chi connectivity index (χ1) is 11.8. The van der Waals surface area contributed by atoms with Gasteiger partial charge in [0.1, 0.15) is 0 Å². The molecule has 2 N–H and O–H groups in total. The van der Waals surface area contributed by atoms with Crippen molar-refractivity contribution in [2.45, 2.75) is 64.5 Å². The van der Waals surface area contributed by atoms with E-state index in [9.17, 15) is 14.7 Å². The highest BCUT2D eigenvalue weighted by atomic mass is 16.4. The summed E-state index contributed by atoms with van der Waals surface area (Å²) >= 11 is 0. The third-order valence-electron chi connectivity index (χ3n) is 5.47. The molecule has 138 valence electrons. The van der Waals surface area contributed by atoms with Crippen LogP contribution in [0.2, 0.25) is 0 Å². The molecule has 3 atom stereocenters. The molecule has 1 aromatic rings. The number of aromatic nitrogens is 1. The Morgan fingerprint density at radius 1 is 1.40 bits per heavy atom. The molecule has 1 aliphatic heterocycles. The topological polar surface area (TPSA) is 79.3 Å². The molecule has 2 amide bonds. The van der Waals surface area contributed by atoms with E-state index in [4.69, 9.17) is 0 Å². The third kappa shape index (κ3) is 3.84. The van der Waals surface area contributed by atoms with Crippen LogP contribution in [-0.2, 0) is 4.79 Å². The predicted octanol–water partition coefficient (Wildman–Crippen LogP) is 3.15. The van der Waals surface area contributed by atoms with Crippen molar-refractivity contribution in [1.82, 2.24) is 10.3 Å². The number of aliphatic carboxylic acids is 1. The zero-order valence-corrected chi connectivity index (χ0v) is 15.7. The first kappa shape index (κ1) is 19.4. The summed E-state index contributed by atoms with van der Waals surface area (Å²) in [4.78, 5) is 29.5. The maximum atomic E-state index is 13.2. The Morgan fingerprint density at radius 3 is 2.64 bits per heavy atom. The molecule has 0 aliphatic carbocycles. The summed E-state index contributed by atoms with van der Waals surface area (Å²) in [6.07, 6.45) is 5.61. The van der Waals surface area contributed by atoms with Crippen molar-refractivity contribution < 1.29 is 19.2 Å². The Morgan fingerprint density at radius 2 is 2.12 bits per heavy atom. The van der Waals surface area contributed by atoms with Crippen LogP contribution in [0, 0.1) is 0 Å². The van der Waals surface area contributed by atoms with Gasteiger partial charge < -0.3 is 10.4 Å². The third-order valence-corrected chi connectivity index (χ3v) is 5.47. The number of rotatable bonds is 6. The standard InChI is InChI=1S/C19H29N3O3/c1-5-11-22(18(25)21-19(3,4)6-2)12-9-15(16(22)17(23)24)14-8-7-10-20-13-14/h7-8,10,13,15-16H,5-6,9,11-12H2,1-4H3,(H-,21,23,24,25)/p+1/t15?,16-,22?/m0/s1. The minimum atomic E-state index is -0.913. The zero-order valence-electron chi connectivity index (χ0n) is 15.7. The molecule has 0 spiro atoms. The second-order valence-electron chi connectivity index (χ2n) is 7.61. The second-order valence-corrected chi connectivity index (χ2v) is 7.61. The van der Waals surface area contributed by atoms with Gasteiger partial charge in [0.2, 0.25) is 6.04 Å². The Balaban J connectivity index is 2.42. The summed E-state index contributed by atoms with van der Waals surface area (Å²) in [6.45, 7) is 9.01. The Labute approximate surface area is 149 Å². The lowest BCUT2D eigenvalue weighted by molar-refractivity contribution is -0.855. The van der Waals surface area contributed by atoms with E-state index < -0.39 is 12.0 Å². The quantitative estimate of drug-likeness (QED) is 0.774. The Hall–Kier alpha value is -1.95. The average Bonchev–Trinajstić information content (AvgIpc) is 2.96. The number of carboxylic acid groups (broad SMARTS) is 1. The van der Waals surface area contributed by atoms with Crippen molar-refractivity contribution in [3.63, 3.8) is 0 Å². The number of likely N-dealkylation sites (tertiary alicyclic amines) is 1. The average molecular weight is 348 g/mol. The maximum Gasteiger partial charge on any atom is 0.417 e. The van der Waals surface area contributed by atoms with Crippen molar-refractivity contribution in [2.24, 2.45) is 0 Å². The molecule has 0 bridgehead atoms. The summed E-state index contributed by atoms with van der Waals surface area (Å²) in [5.41, 5.74) is 0.541. The van der Waals surface area contributed by atoms with Crippen LogP contribution in [0.3, 0.4) is 0 Å². The minimum Gasteiger partial charge on any atom is -0.477 e. The fourth-order valence-corrected chi connectivity index (χ4v) is 3.81. The van der Waals surface area contributed by atoms with Crippen molar-refractivity contribution in [3.8, 4) is 0 Å². The fourth-order valence-electron chi connectivity index (χ4n) is 3.81. The summed E-state index contributed by atoms with van der Waals surface area (Å²) in [6, 6.07) is 2.78. The van der Waals surface area contributed by atoms with Crippen LogP contribution < -0.4 is 5.32 Å². The highest BCUT2D eigenvalue weighted by Crippen LogP contribution is 2.40. The van der Waals surface area contributed by atoms with Crippen LogP contribution >= 0.6 is 0 Å². The first-order valence-electron chi connectivity index (χ1n) is 9.09. The highest BCUT2D eigenvalue weighted by Gasteiger charge is 2.57. The maximum absolute atomic E-state index is 13.2. The van der Waals surface area contributed by atoms with Crippen LogP contribution in [0.5, 0.6) is 0 Å². The summed E-state index contributed by atoms with van der Waals surface area (Å²) in [5, 5.41) is 13.1. The smallest absolute Gasteiger partial charge is 0.417 e. The molecular formula is C19H30N3O3+. The molecule has 6 nitrogen and oxygen atoms in total. The van der Waals surface area contributed by atoms with E-state index in [1.165, 1.54) is 0 Å². The van der Waals surface area contributed by atoms with Crippen LogP contribution in [0.25, 0.3) is 0 Å². The molecule has 6 heteroatoms. The molecule has 2 rings (SSSR count). The minimum absolute atomic E-state index is 0.0329. The van der Waals surface area contributed by atoms with Gasteiger partial charge in [-0.25, -0.2) is 14.1 Å². The van der Waals surface area contributed by atoms with Gasteiger partial charge >= 0.3 is 12.0 Å². The van der Waals surface area contributed by atoms with Gasteiger partial charge in [0.15, 0.2) is 0 Å². The Kier molecular flexibility index (Phi) is 5.83. The molecule has 0 radical (unpaired) electrons. The Bertz CT molecular complexity index is 618. The molecular weight excluding hydrogens is 318 g/mol. The summed E-state index contributed by atoms with van der Waals surface area (Å²) in [7, 11) is 0. The highest BCUT2D eigenvalue weighted by molar-refractivity contribution is 5.79. The molecule has 1 saturated heterocycles. The molecule has 25 heavy (non-hydrogen) atoms. The number of quaternary nitrogens is 1. The second kappa shape index (κ2) is 7.52. The summed E-state index contributed by atoms with van der Waals surface area (Å²) < 4.78 is -0.0329. The summed E-state index contributed by atoms with van der Waals surface area (Å²) in [5.74, 6) is -1.11. The van der Waals surface area contributed by atoms with Gasteiger partial charge in [0.25, 0.3) is 0 Å². The number of hydrogen-bond acceptors (Lipinski definition) is 3. The lowest BCUT2D eigenvalue weighted by atomic mass is 9.92. The lowest BCUT2D eigenvalue weighted by Gasteiger charge is -2.38. The molecule has 1 fully saturated rings. The van der Waals surface area contributed by atoms with Crippen molar-refractivity contribution in [2.75, 3.05) is 13.1 Å². The number of carboxylic acids is 1. The van der Waals surface area contributed by atoms with Crippen molar-refractivity contribution in [3.05, 3.63) is 30.1 Å². The van der Waals surface area contributed by atoms with Crippen LogP contribution in [-0.4, -0.2) is 51.2 Å². The monoisotopic (exact) mass is 348 g/mol. The molecule has 1 aromatic heterocycles. The number of urea groups is 1. The molecule has 0 saturated carbocycles. The first-order valence-corrected chi connectivity index (χ1v) is 9.09. The zero-order chi connectivity index (χ0) is 18.7. The van der Waals surface area contributed by atoms with Crippen molar-refractivity contribution >= 4 is 12.0 Å². The van der Waals surface area contributed by atoms with E-state index in [0.717, 1.165) is 18.4 Å². The largest absolute Gasteiger partial charge is 0.477 e. The molecule has 1 aliphatic rings. The number of carbonyl (C=O) groups is 2. The van der Waals surface area contributed by atoms with E-state index in [2.05, 4.69) is 10.3 Å². The van der Waals surface area contributed by atoms with Gasteiger partial charge in [-0.15, -0.1) is 0 Å². The van der Waals surface area contributed by atoms with Gasteiger partial charge in [-0.1, -0.05) is 19.9 Å². The number of nitrogens with one attached hydrogen (secondary N) is 1. The van der Waals surface area contributed by atoms with E-state index in [1.807, 2.05) is 39.8 Å². The van der Waals surface area contributed by atoms with Gasteiger partial charge in [0, 0.05) is 24.4 Å². The van der Waals surface area contributed by atoms with Crippen LogP contribution in [0.1, 0.15) is 58.4 Å². The predicted molar refractivity (Wildman–Crippen MR) is 96.2 cm³/mol. The van der Waals surface area contributed by atoms with E-state index in [0.29, 0.717) is 19.5 Å². The van der Waals surface area contributed by atoms with Gasteiger partial charge in [-0.05, 0) is 38.3 Å². The van der Waals surface area contributed by atoms with Gasteiger partial charge in [0.05, 0.1) is 19.0 Å². The lowest BCUT2D eigenvalue weighted by Crippen LogP contribution is -2.65. The van der Waals surface area contributed by atoms with Gasteiger partial charge in [-0.3, -0.25) is 4.98 Å². The SMILES string of the molecule is CCC[N+]1(C(=O)NC(C)(C)CC)CCC(c2cccnc2)[C@H]1C(=O)O.